The molecule has 1 aromatic heterocycles. The Morgan fingerprint density at radius 1 is 1.24 bits per heavy atom. The van der Waals surface area contributed by atoms with Crippen molar-refractivity contribution in [1.29, 1.82) is 5.26 Å². The Labute approximate surface area is 231 Å². The number of carbonyl (C=O) groups is 2. The maximum atomic E-state index is 13.3. The van der Waals surface area contributed by atoms with E-state index in [2.05, 4.69) is 35.2 Å². The van der Waals surface area contributed by atoms with Gasteiger partial charge in [0, 0.05) is 31.7 Å². The van der Waals surface area contributed by atoms with Gasteiger partial charge in [-0.1, -0.05) is 54.3 Å². The normalized spacial score (nSPS) is 17.3. The molecule has 198 valence electrons. The number of aromatic nitrogens is 1. The summed E-state index contributed by atoms with van der Waals surface area (Å²) in [5.41, 5.74) is 2.22. The summed E-state index contributed by atoms with van der Waals surface area (Å²) in [6.45, 7) is 5.50. The van der Waals surface area contributed by atoms with E-state index < -0.39 is 5.97 Å². The number of rotatable bonds is 8. The number of nitriles is 1. The maximum absolute atomic E-state index is 13.3. The molecule has 0 bridgehead atoms. The van der Waals surface area contributed by atoms with E-state index in [1.807, 2.05) is 13.0 Å². The molecule has 2 saturated heterocycles. The van der Waals surface area contributed by atoms with Crippen LogP contribution in [0.25, 0.3) is 6.08 Å². The maximum Gasteiger partial charge on any atom is 0.305 e. The number of thioether (sulfide) groups is 1. The van der Waals surface area contributed by atoms with Crippen molar-refractivity contribution in [2.45, 2.75) is 46.1 Å². The Morgan fingerprint density at radius 3 is 2.53 bits per heavy atom. The van der Waals surface area contributed by atoms with Gasteiger partial charge in [0.25, 0.3) is 11.5 Å². The molecular formula is C28H30N4O4S2. The molecule has 0 aliphatic carbocycles. The van der Waals surface area contributed by atoms with Gasteiger partial charge in [-0.3, -0.25) is 23.9 Å². The molecule has 3 heterocycles. The Morgan fingerprint density at radius 2 is 1.92 bits per heavy atom. The standard InChI is InChI=1S/C28H30N4O4S2/c1-3-31-25(30-12-9-20(10-13-30)15-19-7-5-4-6-8-19)21(18(2)22(17-29)26(31)35)16-23-27(36)32(28(37)38-23)14-11-24(33)34/h4-8,16,20H,3,9-15H2,1-2H3,(H,33,34). The largest absolute Gasteiger partial charge is 0.481 e. The Kier molecular flexibility index (Phi) is 8.69. The molecule has 2 aromatic rings. The Hall–Kier alpha value is -3.42. The highest BCUT2D eigenvalue weighted by Crippen LogP contribution is 2.37. The number of piperidine rings is 1. The van der Waals surface area contributed by atoms with E-state index in [1.165, 1.54) is 10.5 Å². The highest BCUT2D eigenvalue weighted by atomic mass is 32.2. The SMILES string of the molecule is CCn1c(N2CCC(Cc3ccccc3)CC2)c(C=C2SC(=S)N(CCC(=O)O)C2=O)c(C)c(C#N)c1=O. The van der Waals surface area contributed by atoms with Gasteiger partial charge in [-0.2, -0.15) is 5.26 Å². The summed E-state index contributed by atoms with van der Waals surface area (Å²) in [6.07, 6.45) is 4.44. The number of hydrogen-bond donors (Lipinski definition) is 1. The van der Waals surface area contributed by atoms with E-state index in [1.54, 1.807) is 17.6 Å². The first-order valence-corrected chi connectivity index (χ1v) is 13.9. The molecule has 0 unspecified atom stereocenters. The molecule has 10 heteroatoms. The van der Waals surface area contributed by atoms with E-state index >= 15 is 0 Å². The summed E-state index contributed by atoms with van der Waals surface area (Å²) in [4.78, 5) is 41.3. The van der Waals surface area contributed by atoms with Crippen molar-refractivity contribution < 1.29 is 14.7 Å². The molecule has 2 aliphatic heterocycles. The van der Waals surface area contributed by atoms with Crippen molar-refractivity contribution in [3.05, 3.63) is 67.8 Å². The first kappa shape index (κ1) is 27.6. The number of carboxylic acid groups (broad SMARTS) is 1. The van der Waals surface area contributed by atoms with Crippen LogP contribution in [-0.4, -0.2) is 50.4 Å². The minimum absolute atomic E-state index is 0.00396. The fraction of sp³-hybridized carbons (Fsp3) is 0.393. The molecule has 0 saturated carbocycles. The number of benzene rings is 1. The summed E-state index contributed by atoms with van der Waals surface area (Å²) >= 11 is 6.47. The van der Waals surface area contributed by atoms with Crippen LogP contribution in [0.2, 0.25) is 0 Å². The third-order valence-corrected chi connectivity index (χ3v) is 8.52. The number of thiocarbonyl (C=S) groups is 1. The number of amides is 1. The minimum Gasteiger partial charge on any atom is -0.481 e. The lowest BCUT2D eigenvalue weighted by molar-refractivity contribution is -0.137. The van der Waals surface area contributed by atoms with Crippen LogP contribution in [0.1, 0.15) is 48.4 Å². The summed E-state index contributed by atoms with van der Waals surface area (Å²) in [7, 11) is 0. The Bertz CT molecular complexity index is 1390. The number of carboxylic acids is 1. The van der Waals surface area contributed by atoms with Crippen LogP contribution in [0.4, 0.5) is 5.82 Å². The molecule has 0 atom stereocenters. The smallest absolute Gasteiger partial charge is 0.305 e. The van der Waals surface area contributed by atoms with Crippen LogP contribution < -0.4 is 10.5 Å². The van der Waals surface area contributed by atoms with E-state index in [-0.39, 0.29) is 30.0 Å². The number of carbonyl (C=O) groups excluding carboxylic acids is 1. The fourth-order valence-corrected chi connectivity index (χ4v) is 6.40. The monoisotopic (exact) mass is 550 g/mol. The van der Waals surface area contributed by atoms with Gasteiger partial charge in [-0.05, 0) is 56.2 Å². The zero-order valence-electron chi connectivity index (χ0n) is 21.5. The first-order valence-electron chi connectivity index (χ1n) is 12.7. The highest BCUT2D eigenvalue weighted by Gasteiger charge is 2.34. The van der Waals surface area contributed by atoms with Gasteiger partial charge in [0.15, 0.2) is 0 Å². The average Bonchev–Trinajstić information content (AvgIpc) is 3.17. The van der Waals surface area contributed by atoms with Crippen molar-refractivity contribution in [3.8, 4) is 6.07 Å². The summed E-state index contributed by atoms with van der Waals surface area (Å²) < 4.78 is 1.92. The number of pyridine rings is 1. The third kappa shape index (κ3) is 5.69. The van der Waals surface area contributed by atoms with Crippen LogP contribution in [0.15, 0.2) is 40.0 Å². The molecule has 1 N–H and O–H groups in total. The van der Waals surface area contributed by atoms with Crippen LogP contribution in [0.5, 0.6) is 0 Å². The van der Waals surface area contributed by atoms with Crippen molar-refractivity contribution >= 4 is 52.1 Å². The zero-order valence-corrected chi connectivity index (χ0v) is 23.1. The van der Waals surface area contributed by atoms with Crippen molar-refractivity contribution in [1.82, 2.24) is 9.47 Å². The molecular weight excluding hydrogens is 520 g/mol. The van der Waals surface area contributed by atoms with Gasteiger partial charge >= 0.3 is 5.97 Å². The molecule has 1 amide bonds. The molecule has 2 aliphatic rings. The van der Waals surface area contributed by atoms with Gasteiger partial charge in [-0.15, -0.1) is 0 Å². The van der Waals surface area contributed by atoms with Gasteiger partial charge in [-0.25, -0.2) is 0 Å². The lowest BCUT2D eigenvalue weighted by Crippen LogP contribution is -2.39. The second-order valence-corrected chi connectivity index (χ2v) is 11.2. The Balaban J connectivity index is 1.69. The zero-order chi connectivity index (χ0) is 27.4. The van der Waals surface area contributed by atoms with Crippen LogP contribution in [0.3, 0.4) is 0 Å². The van der Waals surface area contributed by atoms with E-state index in [0.717, 1.165) is 44.1 Å². The second kappa shape index (κ2) is 12.0. The third-order valence-electron chi connectivity index (χ3n) is 7.14. The van der Waals surface area contributed by atoms with Gasteiger partial charge < -0.3 is 10.0 Å². The van der Waals surface area contributed by atoms with E-state index in [0.29, 0.717) is 38.6 Å². The van der Waals surface area contributed by atoms with Crippen molar-refractivity contribution in [2.24, 2.45) is 5.92 Å². The number of nitrogens with zero attached hydrogens (tertiary/aromatic N) is 4. The number of aliphatic carboxylic acids is 1. The quantitative estimate of drug-likeness (QED) is 0.385. The highest BCUT2D eigenvalue weighted by molar-refractivity contribution is 8.26. The summed E-state index contributed by atoms with van der Waals surface area (Å²) in [6, 6.07) is 12.5. The first-order chi connectivity index (χ1) is 18.2. The fourth-order valence-electron chi connectivity index (χ4n) is 5.11. The van der Waals surface area contributed by atoms with Crippen LogP contribution in [0, 0.1) is 24.2 Å². The number of anilines is 1. The van der Waals surface area contributed by atoms with E-state index in [4.69, 9.17) is 17.3 Å². The minimum atomic E-state index is -1.01. The lowest BCUT2D eigenvalue weighted by atomic mass is 9.90. The van der Waals surface area contributed by atoms with Crippen molar-refractivity contribution in [2.75, 3.05) is 24.5 Å². The topological polar surface area (TPSA) is 107 Å². The molecule has 2 fully saturated rings. The van der Waals surface area contributed by atoms with Crippen LogP contribution in [-0.2, 0) is 22.6 Å². The van der Waals surface area contributed by atoms with Crippen molar-refractivity contribution in [3.63, 3.8) is 0 Å². The van der Waals surface area contributed by atoms with Gasteiger partial charge in [0.05, 0.1) is 11.3 Å². The predicted octanol–water partition coefficient (Wildman–Crippen LogP) is 4.18. The van der Waals surface area contributed by atoms with Gasteiger partial charge in [0.2, 0.25) is 0 Å². The number of hydrogen-bond acceptors (Lipinski definition) is 7. The molecule has 4 rings (SSSR count). The molecule has 0 radical (unpaired) electrons. The van der Waals surface area contributed by atoms with Crippen LogP contribution >= 0.6 is 24.0 Å². The molecule has 0 spiro atoms. The molecule has 8 nitrogen and oxygen atoms in total. The second-order valence-electron chi connectivity index (χ2n) is 9.50. The molecule has 1 aromatic carbocycles. The van der Waals surface area contributed by atoms with Gasteiger partial charge in [0.1, 0.15) is 21.8 Å². The lowest BCUT2D eigenvalue weighted by Gasteiger charge is -2.36. The summed E-state index contributed by atoms with van der Waals surface area (Å²) in [5, 5.41) is 18.8. The predicted molar refractivity (Wildman–Crippen MR) is 153 cm³/mol. The van der Waals surface area contributed by atoms with E-state index in [9.17, 15) is 19.6 Å². The summed E-state index contributed by atoms with van der Waals surface area (Å²) in [5.74, 6) is -0.127. The average molecular weight is 551 g/mol. The molecule has 38 heavy (non-hydrogen) atoms.